The number of aromatic nitrogens is 3. The molecule has 2 heterocycles. The minimum Gasteiger partial charge on any atom is -0.465 e. The zero-order chi connectivity index (χ0) is 51.1. The number of sulfonamides is 1. The fourth-order valence-corrected chi connectivity index (χ4v) is 15.4. The predicted molar refractivity (Wildman–Crippen MR) is 282 cm³/mol. The highest BCUT2D eigenvalue weighted by Crippen LogP contribution is 2.67. The van der Waals surface area contributed by atoms with E-state index in [0.717, 1.165) is 65.1 Å². The smallest absolute Gasteiger partial charge is 0.413 e. The van der Waals surface area contributed by atoms with E-state index < -0.39 is 28.6 Å². The molecule has 4 aliphatic carbocycles. The first kappa shape index (κ1) is 51.0. The van der Waals surface area contributed by atoms with E-state index in [1.807, 2.05) is 0 Å². The first-order valence-corrected chi connectivity index (χ1v) is 27.7. The van der Waals surface area contributed by atoms with Crippen LogP contribution in [0.3, 0.4) is 0 Å². The first-order valence-electron chi connectivity index (χ1n) is 26.3. The largest absolute Gasteiger partial charge is 0.465 e. The highest BCUT2D eigenvalue weighted by Gasteiger charge is 2.59. The zero-order valence-electron chi connectivity index (χ0n) is 43.1. The van der Waals surface area contributed by atoms with Crippen LogP contribution in [0.5, 0.6) is 0 Å². The average Bonchev–Trinajstić information content (AvgIpc) is 3.72. The van der Waals surface area contributed by atoms with Crippen molar-refractivity contribution in [3.8, 4) is 0 Å². The van der Waals surface area contributed by atoms with Gasteiger partial charge in [0, 0.05) is 37.0 Å². The van der Waals surface area contributed by atoms with Crippen LogP contribution in [-0.2, 0) is 37.8 Å². The van der Waals surface area contributed by atoms with Crippen LogP contribution in [-0.4, -0.2) is 60.1 Å². The van der Waals surface area contributed by atoms with Crippen molar-refractivity contribution in [2.75, 3.05) is 17.5 Å². The van der Waals surface area contributed by atoms with Crippen LogP contribution >= 0.6 is 0 Å². The number of fused-ring (bicyclic) bond motifs is 7. The van der Waals surface area contributed by atoms with Crippen LogP contribution in [0.2, 0.25) is 0 Å². The molecule has 382 valence electrons. The van der Waals surface area contributed by atoms with Gasteiger partial charge in [-0.3, -0.25) is 29.6 Å². The Balaban J connectivity index is 0.838. The number of carbonyl (C=O) groups is 2. The third-order valence-electron chi connectivity index (χ3n) is 17.5. The lowest BCUT2D eigenvalue weighted by Gasteiger charge is -2.58. The van der Waals surface area contributed by atoms with Gasteiger partial charge in [0.2, 0.25) is 0 Å². The van der Waals surface area contributed by atoms with Gasteiger partial charge in [0.05, 0.1) is 28.8 Å². The van der Waals surface area contributed by atoms with E-state index in [9.17, 15) is 22.8 Å². The molecule has 3 fully saturated rings. The van der Waals surface area contributed by atoms with Crippen LogP contribution in [0.25, 0.3) is 21.9 Å². The molecule has 0 radical (unpaired) electrons. The van der Waals surface area contributed by atoms with Crippen LogP contribution in [0.1, 0.15) is 129 Å². The Hall–Kier alpha value is -5.89. The van der Waals surface area contributed by atoms with E-state index in [4.69, 9.17) is 19.9 Å². The number of rotatable bonds is 15. The molecule has 8 atom stereocenters. The van der Waals surface area contributed by atoms with E-state index in [-0.39, 0.29) is 57.7 Å². The summed E-state index contributed by atoms with van der Waals surface area (Å²) < 4.78 is 42.5. The normalized spacial score (nSPS) is 25.2. The Morgan fingerprint density at radius 1 is 0.958 bits per heavy atom. The molecular formula is C58H72N6O7S. The van der Waals surface area contributed by atoms with Crippen LogP contribution in [0, 0.1) is 51.7 Å². The van der Waals surface area contributed by atoms with Crippen molar-refractivity contribution in [1.29, 1.82) is 5.41 Å². The molecular weight excluding hydrogens is 925 g/mol. The number of para-hydroxylation sites is 1. The zero-order valence-corrected chi connectivity index (χ0v) is 43.9. The summed E-state index contributed by atoms with van der Waals surface area (Å²) in [5, 5.41) is 12.0. The molecule has 3 saturated carbocycles. The molecule has 0 spiro atoms. The lowest BCUT2D eigenvalue weighted by Crippen LogP contribution is -2.51. The van der Waals surface area contributed by atoms with Gasteiger partial charge in [0.25, 0.3) is 15.6 Å². The molecule has 5 aromatic rings. The third kappa shape index (κ3) is 9.84. The maximum absolute atomic E-state index is 14.4. The van der Waals surface area contributed by atoms with Gasteiger partial charge in [-0.2, -0.15) is 0 Å². The standard InChI is InChI=1S/C58H72N6O7S/c1-8-70-52(65)35-64(72(68,69)51-16-10-14-39-15-11-31-60-53(39)51)42-22-26-50-48(34-42)61-49(55(66)63(50)7)32-38-17-19-40(20-18-38)54(59)62-56(67)71-43-27-29-57(5)41(33-43)21-23-44-46-25-24-45(37(4)13-9-12-36(2)3)58(46,6)30-28-47(44)57/h10-11,14-22,26,31,34,36-37,43-47H,8-9,12-13,23-25,27-30,32-33,35H2,1-7H3,(H2,59,62,67). The van der Waals surface area contributed by atoms with Gasteiger partial charge >= 0.3 is 12.1 Å². The fourth-order valence-electron chi connectivity index (χ4n) is 13.8. The van der Waals surface area contributed by atoms with Gasteiger partial charge in [0.15, 0.2) is 0 Å². The molecule has 1 amide bonds. The average molecular weight is 997 g/mol. The molecule has 0 aliphatic heterocycles. The molecule has 13 nitrogen and oxygen atoms in total. The van der Waals surface area contributed by atoms with E-state index in [2.05, 4.69) is 51.0 Å². The van der Waals surface area contributed by atoms with Crippen molar-refractivity contribution in [1.82, 2.24) is 19.9 Å². The van der Waals surface area contributed by atoms with Gasteiger partial charge in [0.1, 0.15) is 29.1 Å². The molecule has 14 heteroatoms. The number of allylic oxidation sites excluding steroid dienone is 1. The Morgan fingerprint density at radius 3 is 2.50 bits per heavy atom. The Morgan fingerprint density at radius 2 is 1.74 bits per heavy atom. The number of alkyl carbamates (subject to hydrolysis) is 1. The number of carbonyl (C=O) groups excluding carboxylic acids is 2. The number of benzene rings is 3. The van der Waals surface area contributed by atoms with Gasteiger partial charge in [-0.15, -0.1) is 0 Å². The van der Waals surface area contributed by atoms with Crippen LogP contribution < -0.4 is 15.2 Å². The number of pyridine rings is 1. The number of amides is 1. The van der Waals surface area contributed by atoms with E-state index in [1.165, 1.54) is 73.4 Å². The second kappa shape index (κ2) is 20.6. The predicted octanol–water partition coefficient (Wildman–Crippen LogP) is 11.3. The van der Waals surface area contributed by atoms with E-state index >= 15 is 0 Å². The van der Waals surface area contributed by atoms with Gasteiger partial charge in [-0.1, -0.05) is 108 Å². The lowest BCUT2D eigenvalue weighted by molar-refractivity contribution is -0.141. The van der Waals surface area contributed by atoms with Gasteiger partial charge < -0.3 is 14.0 Å². The SMILES string of the molecule is CCOC(=O)CN(c1ccc2c(c1)nc(Cc1ccc(C(=N)NC(=O)OC3CCC4(C)C(=CCC5C4CCC4(C)C(C(C)CCCC(C)C)CCC54)C3)cc1)c(=O)n2C)S(=O)(=O)c1cccc2cccnc12. The van der Waals surface area contributed by atoms with Crippen molar-refractivity contribution < 1.29 is 27.5 Å². The Kier molecular flexibility index (Phi) is 14.6. The number of nitrogens with one attached hydrogen (secondary N) is 2. The molecule has 8 unspecified atom stereocenters. The fraction of sp³-hybridized carbons (Fsp3) is 0.517. The second-order valence-corrected chi connectivity index (χ2v) is 24.0. The van der Waals surface area contributed by atoms with E-state index in [1.54, 1.807) is 74.6 Å². The number of anilines is 1. The molecule has 2 N–H and O–H groups in total. The highest BCUT2D eigenvalue weighted by atomic mass is 32.2. The van der Waals surface area contributed by atoms with E-state index in [0.29, 0.717) is 33.3 Å². The monoisotopic (exact) mass is 997 g/mol. The lowest BCUT2D eigenvalue weighted by atomic mass is 9.47. The summed E-state index contributed by atoms with van der Waals surface area (Å²) in [6.07, 6.45) is 16.4. The molecule has 2 aromatic heterocycles. The highest BCUT2D eigenvalue weighted by molar-refractivity contribution is 7.93. The number of hydrogen-bond acceptors (Lipinski definition) is 10. The van der Waals surface area contributed by atoms with Crippen molar-refractivity contribution >= 4 is 55.5 Å². The minimum atomic E-state index is -4.37. The summed E-state index contributed by atoms with van der Waals surface area (Å²) in [7, 11) is -2.74. The summed E-state index contributed by atoms with van der Waals surface area (Å²) in [5.74, 6) is 3.77. The van der Waals surface area contributed by atoms with Gasteiger partial charge in [-0.05, 0) is 134 Å². The quantitative estimate of drug-likeness (QED) is 0.0448. The summed E-state index contributed by atoms with van der Waals surface area (Å²) in [6.45, 7) is 13.5. The third-order valence-corrected chi connectivity index (χ3v) is 19.3. The molecule has 9 rings (SSSR count). The second-order valence-electron chi connectivity index (χ2n) is 22.2. The Bertz CT molecular complexity index is 3070. The molecule has 4 aliphatic rings. The van der Waals surface area contributed by atoms with Crippen molar-refractivity contribution in [2.45, 2.75) is 130 Å². The van der Waals surface area contributed by atoms with Gasteiger partial charge in [-0.25, -0.2) is 18.2 Å². The van der Waals surface area contributed by atoms with Crippen molar-refractivity contribution in [2.24, 2.45) is 53.4 Å². The van der Waals surface area contributed by atoms with Crippen molar-refractivity contribution in [3.63, 3.8) is 0 Å². The summed E-state index contributed by atoms with van der Waals surface area (Å²) >= 11 is 0. The number of amidine groups is 1. The molecule has 0 saturated heterocycles. The number of hydrogen-bond donors (Lipinski definition) is 2. The number of ether oxygens (including phenoxy) is 2. The topological polar surface area (TPSA) is 174 Å². The number of nitrogens with zero attached hydrogens (tertiary/aromatic N) is 4. The molecule has 3 aromatic carbocycles. The maximum Gasteiger partial charge on any atom is 0.413 e. The summed E-state index contributed by atoms with van der Waals surface area (Å²) in [6, 6.07) is 20.0. The number of esters is 1. The maximum atomic E-state index is 14.4. The minimum absolute atomic E-state index is 0.0663. The summed E-state index contributed by atoms with van der Waals surface area (Å²) in [4.78, 5) is 48.9. The van der Waals surface area contributed by atoms with Crippen molar-refractivity contribution in [3.05, 3.63) is 118 Å². The van der Waals surface area contributed by atoms with Crippen LogP contribution in [0.15, 0.2) is 100 Å². The first-order chi connectivity index (χ1) is 34.4. The molecule has 72 heavy (non-hydrogen) atoms. The van der Waals surface area contributed by atoms with Crippen LogP contribution in [0.4, 0.5) is 10.5 Å². The number of aryl methyl sites for hydroxylation is 1. The Labute approximate surface area is 424 Å². The molecule has 0 bridgehead atoms. The summed E-state index contributed by atoms with van der Waals surface area (Å²) in [5.41, 5.74) is 4.34.